The van der Waals surface area contributed by atoms with Gasteiger partial charge >= 0.3 is 0 Å². The number of hydrogen-bond donors (Lipinski definition) is 2. The fraction of sp³-hybridized carbons (Fsp3) is 0.364. The van der Waals surface area contributed by atoms with Gasteiger partial charge in [0.25, 0.3) is 0 Å². The molecular weight excluding hydrogens is 194 g/mol. The van der Waals surface area contributed by atoms with E-state index in [1.165, 1.54) is 12.1 Å². The van der Waals surface area contributed by atoms with Crippen molar-refractivity contribution in [2.75, 3.05) is 19.7 Å². The van der Waals surface area contributed by atoms with E-state index in [9.17, 15) is 9.90 Å². The molecule has 1 aliphatic rings. The first-order chi connectivity index (χ1) is 7.27. The number of morpholine rings is 1. The number of phenols is 1. The molecule has 0 radical (unpaired) electrons. The first-order valence-electron chi connectivity index (χ1n) is 4.93. The van der Waals surface area contributed by atoms with Crippen molar-refractivity contribution in [3.05, 3.63) is 29.8 Å². The Kier molecular flexibility index (Phi) is 2.99. The Labute approximate surface area is 87.9 Å². The molecule has 4 heteroatoms. The quantitative estimate of drug-likeness (QED) is 0.696. The van der Waals surface area contributed by atoms with Crippen LogP contribution in [0.4, 0.5) is 0 Å². The normalized spacial score (nSPS) is 21.2. The van der Waals surface area contributed by atoms with Gasteiger partial charge in [-0.1, -0.05) is 12.1 Å². The van der Waals surface area contributed by atoms with E-state index < -0.39 is 6.10 Å². The average molecular weight is 207 g/mol. The van der Waals surface area contributed by atoms with Crippen molar-refractivity contribution in [2.24, 2.45) is 0 Å². The highest BCUT2D eigenvalue weighted by molar-refractivity contribution is 6.00. The molecule has 2 rings (SSSR count). The maximum absolute atomic E-state index is 11.9. The summed E-state index contributed by atoms with van der Waals surface area (Å²) in [6, 6.07) is 6.33. The van der Waals surface area contributed by atoms with Crippen molar-refractivity contribution in [2.45, 2.75) is 6.10 Å². The molecule has 4 nitrogen and oxygen atoms in total. The summed E-state index contributed by atoms with van der Waals surface area (Å²) in [6.07, 6.45) is -0.430. The summed E-state index contributed by atoms with van der Waals surface area (Å²) in [5, 5.41) is 12.3. The second-order valence-corrected chi connectivity index (χ2v) is 3.48. The molecule has 0 aliphatic carbocycles. The summed E-state index contributed by atoms with van der Waals surface area (Å²) in [5.74, 6) is 0.0164. The predicted molar refractivity (Wildman–Crippen MR) is 55.0 cm³/mol. The zero-order chi connectivity index (χ0) is 10.7. The zero-order valence-electron chi connectivity index (χ0n) is 8.27. The van der Waals surface area contributed by atoms with Crippen LogP contribution in [-0.4, -0.2) is 36.7 Å². The van der Waals surface area contributed by atoms with E-state index in [1.807, 2.05) is 0 Å². The summed E-state index contributed by atoms with van der Waals surface area (Å²) in [5.41, 5.74) is 0.490. The monoisotopic (exact) mass is 207 g/mol. The number of Topliss-reactive ketones (excluding diaryl/α,β-unsaturated/α-hetero) is 1. The second-order valence-electron chi connectivity index (χ2n) is 3.48. The smallest absolute Gasteiger partial charge is 0.192 e. The number of rotatable bonds is 2. The van der Waals surface area contributed by atoms with Crippen LogP contribution in [0, 0.1) is 0 Å². The Morgan fingerprint density at radius 3 is 3.07 bits per heavy atom. The Hall–Kier alpha value is -1.39. The topological polar surface area (TPSA) is 58.6 Å². The Balaban J connectivity index is 2.12. The molecule has 0 saturated carbocycles. The van der Waals surface area contributed by atoms with Crippen molar-refractivity contribution in [3.63, 3.8) is 0 Å². The zero-order valence-corrected chi connectivity index (χ0v) is 8.27. The van der Waals surface area contributed by atoms with Crippen molar-refractivity contribution in [1.82, 2.24) is 5.32 Å². The Morgan fingerprint density at radius 1 is 1.53 bits per heavy atom. The molecule has 0 amide bonds. The van der Waals surface area contributed by atoms with E-state index in [-0.39, 0.29) is 11.5 Å². The molecule has 0 spiro atoms. The van der Waals surface area contributed by atoms with Crippen molar-refractivity contribution < 1.29 is 14.6 Å². The fourth-order valence-corrected chi connectivity index (χ4v) is 1.58. The average Bonchev–Trinajstić information content (AvgIpc) is 2.29. The van der Waals surface area contributed by atoms with Crippen LogP contribution in [0.15, 0.2) is 24.3 Å². The number of hydrogen-bond acceptors (Lipinski definition) is 4. The van der Waals surface area contributed by atoms with E-state index in [0.29, 0.717) is 18.7 Å². The molecule has 1 aromatic carbocycles. The third kappa shape index (κ3) is 2.34. The number of carbonyl (C=O) groups is 1. The molecule has 1 aromatic rings. The van der Waals surface area contributed by atoms with Gasteiger partial charge < -0.3 is 15.2 Å². The van der Waals surface area contributed by atoms with Gasteiger partial charge in [0.1, 0.15) is 11.9 Å². The Morgan fingerprint density at radius 2 is 2.40 bits per heavy atom. The van der Waals surface area contributed by atoms with Crippen LogP contribution in [-0.2, 0) is 4.74 Å². The van der Waals surface area contributed by atoms with E-state index in [4.69, 9.17) is 4.74 Å². The SMILES string of the molecule is O=C(c1cccc(O)c1)C1CNCCO1. The van der Waals surface area contributed by atoms with E-state index >= 15 is 0 Å². The second kappa shape index (κ2) is 4.42. The van der Waals surface area contributed by atoms with Crippen molar-refractivity contribution >= 4 is 5.78 Å². The van der Waals surface area contributed by atoms with Crippen molar-refractivity contribution in [3.8, 4) is 5.75 Å². The Bertz CT molecular complexity index is 359. The number of carbonyl (C=O) groups excluding carboxylic acids is 1. The predicted octanol–water partition coefficient (Wildman–Crippen LogP) is 0.563. The lowest BCUT2D eigenvalue weighted by Crippen LogP contribution is -2.43. The molecule has 80 valence electrons. The molecule has 1 saturated heterocycles. The number of aromatic hydroxyl groups is 1. The minimum absolute atomic E-state index is 0.0851. The number of benzene rings is 1. The van der Waals surface area contributed by atoms with Crippen LogP contribution in [0.25, 0.3) is 0 Å². The van der Waals surface area contributed by atoms with E-state index in [0.717, 1.165) is 6.54 Å². The fourth-order valence-electron chi connectivity index (χ4n) is 1.58. The first-order valence-corrected chi connectivity index (χ1v) is 4.93. The molecule has 2 N–H and O–H groups in total. The number of phenolic OH excluding ortho intramolecular Hbond substituents is 1. The molecule has 1 aliphatic heterocycles. The minimum atomic E-state index is -0.430. The molecule has 1 fully saturated rings. The van der Waals surface area contributed by atoms with Gasteiger partial charge in [-0.15, -0.1) is 0 Å². The minimum Gasteiger partial charge on any atom is -0.508 e. The van der Waals surface area contributed by atoms with Gasteiger partial charge in [0.05, 0.1) is 6.61 Å². The molecule has 0 bridgehead atoms. The van der Waals surface area contributed by atoms with Crippen LogP contribution in [0.1, 0.15) is 10.4 Å². The number of nitrogens with one attached hydrogen (secondary N) is 1. The first kappa shape index (κ1) is 10.1. The van der Waals surface area contributed by atoms with Gasteiger partial charge in [-0.2, -0.15) is 0 Å². The van der Waals surface area contributed by atoms with Gasteiger partial charge in [0.15, 0.2) is 5.78 Å². The summed E-state index contributed by atoms with van der Waals surface area (Å²) in [4.78, 5) is 11.9. The third-order valence-electron chi connectivity index (χ3n) is 2.35. The molecular formula is C11H13NO3. The molecule has 15 heavy (non-hydrogen) atoms. The van der Waals surface area contributed by atoms with Crippen LogP contribution in [0.5, 0.6) is 5.75 Å². The van der Waals surface area contributed by atoms with Gasteiger partial charge in [-0.25, -0.2) is 0 Å². The number of ether oxygens (including phenoxy) is 1. The lowest BCUT2D eigenvalue weighted by Gasteiger charge is -2.22. The molecule has 1 unspecified atom stereocenters. The van der Waals surface area contributed by atoms with Crippen LogP contribution >= 0.6 is 0 Å². The van der Waals surface area contributed by atoms with Gasteiger partial charge in [-0.3, -0.25) is 4.79 Å². The lowest BCUT2D eigenvalue weighted by molar-refractivity contribution is 0.0269. The van der Waals surface area contributed by atoms with Crippen LogP contribution in [0.2, 0.25) is 0 Å². The van der Waals surface area contributed by atoms with Crippen molar-refractivity contribution in [1.29, 1.82) is 0 Å². The highest BCUT2D eigenvalue weighted by Crippen LogP contribution is 2.14. The summed E-state index contributed by atoms with van der Waals surface area (Å²) in [7, 11) is 0. The van der Waals surface area contributed by atoms with Crippen LogP contribution < -0.4 is 5.32 Å². The standard InChI is InChI=1S/C11H13NO3/c13-9-3-1-2-8(6-9)11(14)10-7-12-4-5-15-10/h1-3,6,10,12-13H,4-5,7H2. The largest absolute Gasteiger partial charge is 0.508 e. The molecule has 1 heterocycles. The summed E-state index contributed by atoms with van der Waals surface area (Å²) in [6.45, 7) is 1.87. The summed E-state index contributed by atoms with van der Waals surface area (Å²) < 4.78 is 5.34. The summed E-state index contributed by atoms with van der Waals surface area (Å²) >= 11 is 0. The maximum Gasteiger partial charge on any atom is 0.192 e. The highest BCUT2D eigenvalue weighted by atomic mass is 16.5. The maximum atomic E-state index is 11.9. The van der Waals surface area contributed by atoms with E-state index in [2.05, 4.69) is 5.32 Å². The highest BCUT2D eigenvalue weighted by Gasteiger charge is 2.22. The molecule has 1 atom stereocenters. The molecule has 0 aromatic heterocycles. The van der Waals surface area contributed by atoms with Crippen LogP contribution in [0.3, 0.4) is 0 Å². The third-order valence-corrected chi connectivity index (χ3v) is 2.35. The van der Waals surface area contributed by atoms with Gasteiger partial charge in [0, 0.05) is 18.7 Å². The number of ketones is 1. The van der Waals surface area contributed by atoms with E-state index in [1.54, 1.807) is 12.1 Å². The van der Waals surface area contributed by atoms with Gasteiger partial charge in [-0.05, 0) is 12.1 Å². The van der Waals surface area contributed by atoms with Gasteiger partial charge in [0.2, 0.25) is 0 Å². The lowest BCUT2D eigenvalue weighted by atomic mass is 10.1.